The predicted molar refractivity (Wildman–Crippen MR) is 75.0 cm³/mol. The van der Waals surface area contributed by atoms with Crippen LogP contribution in [-0.4, -0.2) is 0 Å². The van der Waals surface area contributed by atoms with Crippen LogP contribution in [0.1, 0.15) is 29.7 Å². The normalized spacial score (nSPS) is 12.3. The number of ether oxygens (including phenoxy) is 1. The van der Waals surface area contributed by atoms with Crippen molar-refractivity contribution in [3.63, 3.8) is 0 Å². The van der Waals surface area contributed by atoms with Crippen LogP contribution in [0.3, 0.4) is 0 Å². The molecule has 0 saturated heterocycles. The summed E-state index contributed by atoms with van der Waals surface area (Å²) in [6.07, 6.45) is 0. The summed E-state index contributed by atoms with van der Waals surface area (Å²) in [6, 6.07) is 10.6. The minimum Gasteiger partial charge on any atom is -0.457 e. The van der Waals surface area contributed by atoms with E-state index in [1.54, 1.807) is 13.0 Å². The molecule has 0 spiro atoms. The molecule has 0 aliphatic carbocycles. The van der Waals surface area contributed by atoms with E-state index in [4.69, 9.17) is 10.5 Å². The number of aryl methyl sites for hydroxylation is 2. The van der Waals surface area contributed by atoms with Crippen molar-refractivity contribution in [3.05, 3.63) is 58.9 Å². The maximum Gasteiger partial charge on any atom is 0.132 e. The fraction of sp³-hybridized carbons (Fsp3) is 0.250. The van der Waals surface area contributed by atoms with Gasteiger partial charge in [0, 0.05) is 11.6 Å². The molecule has 2 aromatic carbocycles. The Balaban J connectivity index is 2.38. The quantitative estimate of drug-likeness (QED) is 0.894. The first-order valence-electron chi connectivity index (χ1n) is 6.27. The van der Waals surface area contributed by atoms with Crippen LogP contribution >= 0.6 is 0 Å². The molecule has 2 N–H and O–H groups in total. The fourth-order valence-corrected chi connectivity index (χ4v) is 1.85. The number of rotatable bonds is 3. The summed E-state index contributed by atoms with van der Waals surface area (Å²) in [6.45, 7) is 5.54. The van der Waals surface area contributed by atoms with Crippen LogP contribution in [-0.2, 0) is 0 Å². The molecule has 0 radical (unpaired) electrons. The summed E-state index contributed by atoms with van der Waals surface area (Å²) in [4.78, 5) is 0. The predicted octanol–water partition coefficient (Wildman–Crippen LogP) is 4.25. The largest absolute Gasteiger partial charge is 0.457 e. The monoisotopic (exact) mass is 259 g/mol. The average Bonchev–Trinajstić information content (AvgIpc) is 2.36. The molecule has 0 aliphatic heterocycles. The fourth-order valence-electron chi connectivity index (χ4n) is 1.85. The zero-order valence-corrected chi connectivity index (χ0v) is 11.4. The topological polar surface area (TPSA) is 35.2 Å². The highest BCUT2D eigenvalue weighted by Gasteiger charge is 2.12. The van der Waals surface area contributed by atoms with E-state index in [0.29, 0.717) is 16.9 Å². The van der Waals surface area contributed by atoms with Crippen LogP contribution in [0.5, 0.6) is 11.5 Å². The van der Waals surface area contributed by atoms with Gasteiger partial charge < -0.3 is 10.5 Å². The smallest absolute Gasteiger partial charge is 0.132 e. The van der Waals surface area contributed by atoms with Crippen LogP contribution in [0.15, 0.2) is 36.4 Å². The molecule has 0 aliphatic rings. The van der Waals surface area contributed by atoms with Gasteiger partial charge in [0.15, 0.2) is 0 Å². The molecular formula is C16H18FNO. The van der Waals surface area contributed by atoms with Gasteiger partial charge in [-0.3, -0.25) is 0 Å². The Bertz CT molecular complexity index is 576. The van der Waals surface area contributed by atoms with E-state index in [0.717, 1.165) is 11.3 Å². The van der Waals surface area contributed by atoms with Crippen molar-refractivity contribution >= 4 is 0 Å². The highest BCUT2D eigenvalue weighted by atomic mass is 19.1. The van der Waals surface area contributed by atoms with Crippen molar-refractivity contribution in [3.8, 4) is 11.5 Å². The van der Waals surface area contributed by atoms with Crippen LogP contribution < -0.4 is 10.5 Å². The minimum atomic E-state index is -0.282. The summed E-state index contributed by atoms with van der Waals surface area (Å²) in [5, 5.41) is 0. The summed E-state index contributed by atoms with van der Waals surface area (Å²) in [5.74, 6) is 1.07. The zero-order valence-electron chi connectivity index (χ0n) is 11.4. The van der Waals surface area contributed by atoms with Crippen molar-refractivity contribution < 1.29 is 9.13 Å². The zero-order chi connectivity index (χ0) is 14.0. The lowest BCUT2D eigenvalue weighted by Gasteiger charge is -2.15. The van der Waals surface area contributed by atoms with E-state index in [1.165, 1.54) is 6.07 Å². The molecule has 1 atom stereocenters. The molecule has 0 aromatic heterocycles. The molecule has 2 rings (SSSR count). The van der Waals surface area contributed by atoms with Crippen LogP contribution in [0.2, 0.25) is 0 Å². The van der Waals surface area contributed by atoms with Crippen molar-refractivity contribution in [2.45, 2.75) is 26.8 Å². The van der Waals surface area contributed by atoms with Crippen molar-refractivity contribution in [1.82, 2.24) is 0 Å². The van der Waals surface area contributed by atoms with E-state index >= 15 is 0 Å². The first kappa shape index (κ1) is 13.6. The Morgan fingerprint density at radius 2 is 1.74 bits per heavy atom. The van der Waals surface area contributed by atoms with Gasteiger partial charge in [0.25, 0.3) is 0 Å². The molecule has 2 nitrogen and oxygen atoms in total. The van der Waals surface area contributed by atoms with Crippen molar-refractivity contribution in [1.29, 1.82) is 0 Å². The van der Waals surface area contributed by atoms with Gasteiger partial charge in [-0.1, -0.05) is 17.7 Å². The van der Waals surface area contributed by atoms with E-state index in [9.17, 15) is 4.39 Å². The third-order valence-corrected chi connectivity index (χ3v) is 3.03. The number of benzene rings is 2. The molecule has 2 aromatic rings. The summed E-state index contributed by atoms with van der Waals surface area (Å²) in [7, 11) is 0. The SMILES string of the molecule is Cc1ccc(Oc2cc(C)c(F)cc2[C@@H](C)N)cc1. The highest BCUT2D eigenvalue weighted by Crippen LogP contribution is 2.31. The Labute approximate surface area is 113 Å². The van der Waals surface area contributed by atoms with Gasteiger partial charge in [-0.25, -0.2) is 4.39 Å². The lowest BCUT2D eigenvalue weighted by Crippen LogP contribution is -2.08. The molecule has 19 heavy (non-hydrogen) atoms. The second kappa shape index (κ2) is 5.41. The average molecular weight is 259 g/mol. The van der Waals surface area contributed by atoms with Crippen LogP contribution in [0.4, 0.5) is 4.39 Å². The molecule has 0 saturated carbocycles. The molecule has 0 amide bonds. The first-order chi connectivity index (χ1) is 8.97. The van der Waals surface area contributed by atoms with Gasteiger partial charge in [-0.15, -0.1) is 0 Å². The summed E-state index contributed by atoms with van der Waals surface area (Å²) >= 11 is 0. The maximum atomic E-state index is 13.6. The maximum absolute atomic E-state index is 13.6. The van der Waals surface area contributed by atoms with Gasteiger partial charge in [0.1, 0.15) is 17.3 Å². The number of hydrogen-bond acceptors (Lipinski definition) is 2. The standard InChI is InChI=1S/C16H18FNO/c1-10-4-6-13(7-5-10)19-16-8-11(2)15(17)9-14(16)12(3)18/h4-9,12H,18H2,1-3H3/t12-/m1/s1. The van der Waals surface area contributed by atoms with Crippen LogP contribution in [0, 0.1) is 19.7 Å². The summed E-state index contributed by atoms with van der Waals surface area (Å²) in [5.41, 5.74) is 8.24. The molecule has 0 fully saturated rings. The Kier molecular flexibility index (Phi) is 3.86. The van der Waals surface area contributed by atoms with Gasteiger partial charge >= 0.3 is 0 Å². The lowest BCUT2D eigenvalue weighted by molar-refractivity contribution is 0.468. The Morgan fingerprint density at radius 1 is 1.11 bits per heavy atom. The molecule has 0 unspecified atom stereocenters. The van der Waals surface area contributed by atoms with E-state index in [2.05, 4.69) is 0 Å². The van der Waals surface area contributed by atoms with Gasteiger partial charge in [0.2, 0.25) is 0 Å². The second-order valence-corrected chi connectivity index (χ2v) is 4.84. The van der Waals surface area contributed by atoms with E-state index in [-0.39, 0.29) is 11.9 Å². The highest BCUT2D eigenvalue weighted by molar-refractivity contribution is 5.43. The Hall–Kier alpha value is -1.87. The van der Waals surface area contributed by atoms with Crippen LogP contribution in [0.25, 0.3) is 0 Å². The molecule has 0 heterocycles. The molecule has 0 bridgehead atoms. The van der Waals surface area contributed by atoms with Crippen molar-refractivity contribution in [2.24, 2.45) is 5.73 Å². The number of hydrogen-bond donors (Lipinski definition) is 1. The van der Waals surface area contributed by atoms with E-state index in [1.807, 2.05) is 38.1 Å². The third-order valence-electron chi connectivity index (χ3n) is 3.03. The number of halogens is 1. The molecular weight excluding hydrogens is 241 g/mol. The van der Waals surface area contributed by atoms with Gasteiger partial charge in [-0.2, -0.15) is 0 Å². The summed E-state index contributed by atoms with van der Waals surface area (Å²) < 4.78 is 19.4. The van der Waals surface area contributed by atoms with Crippen molar-refractivity contribution in [2.75, 3.05) is 0 Å². The molecule has 100 valence electrons. The number of nitrogens with two attached hydrogens (primary N) is 1. The first-order valence-corrected chi connectivity index (χ1v) is 6.27. The minimum absolute atomic E-state index is 0.261. The molecule has 3 heteroatoms. The third kappa shape index (κ3) is 3.12. The second-order valence-electron chi connectivity index (χ2n) is 4.84. The lowest BCUT2D eigenvalue weighted by atomic mass is 10.0. The Morgan fingerprint density at radius 3 is 2.32 bits per heavy atom. The van der Waals surface area contributed by atoms with Gasteiger partial charge in [-0.05, 0) is 50.6 Å². The van der Waals surface area contributed by atoms with Gasteiger partial charge in [0.05, 0.1) is 0 Å². The van der Waals surface area contributed by atoms with E-state index < -0.39 is 0 Å².